The summed E-state index contributed by atoms with van der Waals surface area (Å²) < 4.78 is 5.48. The van der Waals surface area contributed by atoms with Crippen LogP contribution in [0.1, 0.15) is 58.8 Å². The molecule has 0 aromatic rings. The Morgan fingerprint density at radius 2 is 2.19 bits per heavy atom. The van der Waals surface area contributed by atoms with Crippen LogP contribution in [0.4, 0.5) is 0 Å². The highest BCUT2D eigenvalue weighted by atomic mass is 32.2. The first-order chi connectivity index (χ1) is 9.96. The van der Waals surface area contributed by atoms with Crippen LogP contribution in [-0.4, -0.2) is 27.9 Å². The maximum atomic E-state index is 12.5. The predicted octanol–water partition coefficient (Wildman–Crippen LogP) is 3.81. The molecule has 21 heavy (non-hydrogen) atoms. The number of aliphatic imine (C=N–C) groups is 1. The van der Waals surface area contributed by atoms with Gasteiger partial charge in [-0.15, -0.1) is 0 Å². The number of ether oxygens (including phenoxy) is 1. The molecule has 4 aliphatic rings. The molecule has 2 heterocycles. The summed E-state index contributed by atoms with van der Waals surface area (Å²) in [6, 6.07) is 0. The molecule has 1 saturated heterocycles. The van der Waals surface area contributed by atoms with E-state index in [0.717, 1.165) is 42.1 Å². The van der Waals surface area contributed by atoms with Crippen molar-refractivity contribution >= 4 is 22.7 Å². The van der Waals surface area contributed by atoms with E-state index in [1.807, 2.05) is 0 Å². The standard InChI is InChI=1S/C17H25NO2S/c1-16(2)10-17(5-6-20-16)15(19)18-14(21-17)9-13-8-11-3-4-12(13)7-11/h11-13H,3-10H2,1-2H3/t11-,12+,13-,17?/m1/s1. The number of hydrogen-bond acceptors (Lipinski definition) is 3. The molecular weight excluding hydrogens is 282 g/mol. The van der Waals surface area contributed by atoms with Crippen molar-refractivity contribution < 1.29 is 9.53 Å². The maximum absolute atomic E-state index is 12.5. The first-order valence-corrected chi connectivity index (χ1v) is 9.22. The molecule has 1 spiro atoms. The smallest absolute Gasteiger partial charge is 0.263 e. The molecule has 2 bridgehead atoms. The van der Waals surface area contributed by atoms with Gasteiger partial charge < -0.3 is 4.74 Å². The molecular formula is C17H25NO2S. The Bertz CT molecular complexity index is 501. The average Bonchev–Trinajstić information content (AvgIpc) is 3.05. The molecule has 116 valence electrons. The molecule has 4 atom stereocenters. The number of carbonyl (C=O) groups excluding carboxylic acids is 1. The molecule has 0 N–H and O–H groups in total. The van der Waals surface area contributed by atoms with E-state index in [-0.39, 0.29) is 16.3 Å². The summed E-state index contributed by atoms with van der Waals surface area (Å²) in [5.74, 6) is 2.79. The Hall–Kier alpha value is -0.350. The molecule has 4 rings (SSSR count). The normalized spacial score (nSPS) is 44.6. The lowest BCUT2D eigenvalue weighted by atomic mass is 9.86. The molecule has 1 unspecified atom stereocenters. The van der Waals surface area contributed by atoms with Crippen LogP contribution >= 0.6 is 11.8 Å². The highest BCUT2D eigenvalue weighted by Gasteiger charge is 2.51. The SMILES string of the molecule is CC1(C)CC2(CCO1)SC(C[C@H]1C[C@@H]3CC[C@H]1C3)=NC2=O. The number of fused-ring (bicyclic) bond motifs is 2. The van der Waals surface area contributed by atoms with Gasteiger partial charge in [0.15, 0.2) is 0 Å². The molecule has 2 aliphatic heterocycles. The van der Waals surface area contributed by atoms with Gasteiger partial charge in [-0.3, -0.25) is 4.79 Å². The Labute approximate surface area is 131 Å². The van der Waals surface area contributed by atoms with Gasteiger partial charge >= 0.3 is 0 Å². The van der Waals surface area contributed by atoms with Crippen LogP contribution < -0.4 is 0 Å². The lowest BCUT2D eigenvalue weighted by Gasteiger charge is -2.40. The Balaban J connectivity index is 1.45. The van der Waals surface area contributed by atoms with Gasteiger partial charge in [-0.1, -0.05) is 18.2 Å². The molecule has 2 saturated carbocycles. The van der Waals surface area contributed by atoms with Crippen molar-refractivity contribution in [3.63, 3.8) is 0 Å². The van der Waals surface area contributed by atoms with Gasteiger partial charge in [0.1, 0.15) is 4.75 Å². The summed E-state index contributed by atoms with van der Waals surface area (Å²) in [4.78, 5) is 17.0. The van der Waals surface area contributed by atoms with E-state index >= 15 is 0 Å². The number of hydrogen-bond donors (Lipinski definition) is 0. The second-order valence-corrected chi connectivity index (χ2v) is 9.54. The minimum atomic E-state index is -0.311. The fraction of sp³-hybridized carbons (Fsp3) is 0.882. The van der Waals surface area contributed by atoms with Crippen LogP contribution in [0.15, 0.2) is 4.99 Å². The van der Waals surface area contributed by atoms with Crippen LogP contribution in [0.2, 0.25) is 0 Å². The topological polar surface area (TPSA) is 38.7 Å². The Morgan fingerprint density at radius 3 is 2.86 bits per heavy atom. The molecule has 0 radical (unpaired) electrons. The molecule has 2 aliphatic carbocycles. The van der Waals surface area contributed by atoms with Gasteiger partial charge in [-0.25, -0.2) is 4.99 Å². The van der Waals surface area contributed by atoms with Gasteiger partial charge in [0, 0.05) is 6.61 Å². The third-order valence-electron chi connectivity index (χ3n) is 5.96. The van der Waals surface area contributed by atoms with E-state index in [9.17, 15) is 4.79 Å². The maximum Gasteiger partial charge on any atom is 0.263 e. The van der Waals surface area contributed by atoms with Crippen LogP contribution in [0, 0.1) is 17.8 Å². The van der Waals surface area contributed by atoms with E-state index in [0.29, 0.717) is 6.61 Å². The summed E-state index contributed by atoms with van der Waals surface area (Å²) in [6.07, 6.45) is 8.34. The lowest BCUT2D eigenvalue weighted by Crippen LogP contribution is -2.46. The highest BCUT2D eigenvalue weighted by Crippen LogP contribution is 2.52. The molecule has 0 aromatic carbocycles. The summed E-state index contributed by atoms with van der Waals surface area (Å²) in [5.41, 5.74) is -0.196. The van der Waals surface area contributed by atoms with Gasteiger partial charge in [0.2, 0.25) is 0 Å². The fourth-order valence-corrected chi connectivity index (χ4v) is 6.65. The van der Waals surface area contributed by atoms with Crippen molar-refractivity contribution in [1.29, 1.82) is 0 Å². The first-order valence-electron chi connectivity index (χ1n) is 8.41. The number of rotatable bonds is 2. The minimum absolute atomic E-state index is 0.113. The lowest BCUT2D eigenvalue weighted by molar-refractivity contribution is -0.128. The van der Waals surface area contributed by atoms with E-state index in [1.54, 1.807) is 11.8 Å². The van der Waals surface area contributed by atoms with E-state index in [4.69, 9.17) is 4.74 Å². The summed E-state index contributed by atoms with van der Waals surface area (Å²) in [5, 5.41) is 1.12. The van der Waals surface area contributed by atoms with Gasteiger partial charge in [0.05, 0.1) is 10.6 Å². The molecule has 3 nitrogen and oxygen atoms in total. The monoisotopic (exact) mass is 307 g/mol. The average molecular weight is 307 g/mol. The van der Waals surface area contributed by atoms with Gasteiger partial charge in [0.25, 0.3) is 5.91 Å². The number of amides is 1. The van der Waals surface area contributed by atoms with E-state index in [1.165, 1.54) is 25.7 Å². The largest absolute Gasteiger partial charge is 0.375 e. The first kappa shape index (κ1) is 14.3. The third kappa shape index (κ3) is 2.48. The molecule has 0 aromatic heterocycles. The molecule has 3 fully saturated rings. The van der Waals surface area contributed by atoms with Crippen molar-refractivity contribution in [2.24, 2.45) is 22.7 Å². The zero-order valence-corrected chi connectivity index (χ0v) is 13.9. The van der Waals surface area contributed by atoms with Crippen LogP contribution in [-0.2, 0) is 9.53 Å². The van der Waals surface area contributed by atoms with Crippen LogP contribution in [0.3, 0.4) is 0 Å². The Kier molecular flexibility index (Phi) is 3.27. The number of carbonyl (C=O) groups is 1. The predicted molar refractivity (Wildman–Crippen MR) is 85.6 cm³/mol. The van der Waals surface area contributed by atoms with E-state index < -0.39 is 0 Å². The van der Waals surface area contributed by atoms with Crippen molar-refractivity contribution in [3.05, 3.63) is 0 Å². The second-order valence-electron chi connectivity index (χ2n) is 8.08. The minimum Gasteiger partial charge on any atom is -0.375 e. The van der Waals surface area contributed by atoms with Crippen molar-refractivity contribution in [3.8, 4) is 0 Å². The number of thioether (sulfide) groups is 1. The quantitative estimate of drug-likeness (QED) is 0.778. The fourth-order valence-electron chi connectivity index (χ4n) is 5.03. The number of nitrogens with zero attached hydrogens (tertiary/aromatic N) is 1. The van der Waals surface area contributed by atoms with Crippen molar-refractivity contribution in [2.45, 2.75) is 69.1 Å². The van der Waals surface area contributed by atoms with Crippen molar-refractivity contribution in [1.82, 2.24) is 0 Å². The highest BCUT2D eigenvalue weighted by molar-refractivity contribution is 8.16. The van der Waals surface area contributed by atoms with Gasteiger partial charge in [-0.2, -0.15) is 0 Å². The summed E-state index contributed by atoms with van der Waals surface area (Å²) >= 11 is 1.78. The van der Waals surface area contributed by atoms with Gasteiger partial charge in [-0.05, 0) is 70.1 Å². The summed E-state index contributed by atoms with van der Waals surface area (Å²) in [6.45, 7) is 4.87. The zero-order valence-electron chi connectivity index (χ0n) is 13.1. The van der Waals surface area contributed by atoms with E-state index in [2.05, 4.69) is 18.8 Å². The third-order valence-corrected chi connectivity index (χ3v) is 7.37. The zero-order chi connectivity index (χ0) is 14.7. The van der Waals surface area contributed by atoms with Crippen molar-refractivity contribution in [2.75, 3.05) is 6.61 Å². The second kappa shape index (κ2) is 4.82. The molecule has 1 amide bonds. The summed E-state index contributed by atoms with van der Waals surface area (Å²) in [7, 11) is 0. The molecule has 4 heteroatoms. The van der Waals surface area contributed by atoms with Crippen LogP contribution in [0.5, 0.6) is 0 Å². The Morgan fingerprint density at radius 1 is 1.33 bits per heavy atom. The van der Waals surface area contributed by atoms with Crippen LogP contribution in [0.25, 0.3) is 0 Å².